The highest BCUT2D eigenvalue weighted by molar-refractivity contribution is 7.16. The lowest BCUT2D eigenvalue weighted by Crippen LogP contribution is -2.09. The number of fused-ring (bicyclic) bond motifs is 1. The first kappa shape index (κ1) is 19.6. The third kappa shape index (κ3) is 4.98. The van der Waals surface area contributed by atoms with Gasteiger partial charge in [-0.15, -0.1) is 11.3 Å². The van der Waals surface area contributed by atoms with E-state index in [0.29, 0.717) is 24.7 Å². The van der Waals surface area contributed by atoms with Crippen LogP contribution in [0.3, 0.4) is 0 Å². The molecule has 0 atom stereocenters. The predicted octanol–water partition coefficient (Wildman–Crippen LogP) is 5.59. The van der Waals surface area contributed by atoms with E-state index < -0.39 is 0 Å². The number of aryl methyl sites for hydroxylation is 1. The molecule has 5 heteroatoms. The molecule has 144 valence electrons. The molecule has 1 aliphatic carbocycles. The van der Waals surface area contributed by atoms with Gasteiger partial charge >= 0.3 is 5.97 Å². The van der Waals surface area contributed by atoms with Crippen LogP contribution in [-0.2, 0) is 17.6 Å². The lowest BCUT2D eigenvalue weighted by atomic mass is 9.95. The molecule has 0 fully saturated rings. The third-order valence-corrected chi connectivity index (χ3v) is 5.63. The van der Waals surface area contributed by atoms with Crippen molar-refractivity contribution in [3.8, 4) is 5.75 Å². The number of carbonyl (C=O) groups is 1. The average Bonchev–Trinajstić information content (AvgIpc) is 3.04. The van der Waals surface area contributed by atoms with Crippen LogP contribution >= 0.6 is 11.3 Å². The van der Waals surface area contributed by atoms with Crippen molar-refractivity contribution in [2.45, 2.75) is 46.5 Å². The molecule has 0 spiro atoms. The molecule has 2 aromatic rings. The van der Waals surface area contributed by atoms with Gasteiger partial charge in [0.25, 0.3) is 0 Å². The molecule has 1 aromatic heterocycles. The lowest BCUT2D eigenvalue weighted by molar-refractivity contribution is 0.0526. The Labute approximate surface area is 165 Å². The molecule has 0 radical (unpaired) electrons. The zero-order chi connectivity index (χ0) is 19.2. The van der Waals surface area contributed by atoms with Gasteiger partial charge < -0.3 is 9.47 Å². The Bertz CT molecular complexity index is 806. The van der Waals surface area contributed by atoms with Gasteiger partial charge in [0.1, 0.15) is 10.8 Å². The number of benzene rings is 1. The highest BCUT2D eigenvalue weighted by atomic mass is 32.1. The number of hydrogen-bond acceptors (Lipinski definition) is 5. The lowest BCUT2D eigenvalue weighted by Gasteiger charge is -2.11. The van der Waals surface area contributed by atoms with E-state index in [9.17, 15) is 4.79 Å². The monoisotopic (exact) mass is 385 g/mol. The van der Waals surface area contributed by atoms with E-state index in [1.54, 1.807) is 11.3 Å². The summed E-state index contributed by atoms with van der Waals surface area (Å²) in [5.74, 6) is 1.11. The minimum Gasteiger partial charge on any atom is -0.493 e. The van der Waals surface area contributed by atoms with E-state index in [0.717, 1.165) is 41.1 Å². The predicted molar refractivity (Wildman–Crippen MR) is 111 cm³/mol. The fourth-order valence-corrected chi connectivity index (χ4v) is 4.32. The number of hydrogen-bond donors (Lipinski definition) is 0. The fourth-order valence-electron chi connectivity index (χ4n) is 3.10. The van der Waals surface area contributed by atoms with Crippen LogP contribution in [-0.4, -0.2) is 25.4 Å². The van der Waals surface area contributed by atoms with Crippen LogP contribution in [0.1, 0.15) is 60.0 Å². The topological polar surface area (TPSA) is 47.9 Å². The molecule has 0 saturated heterocycles. The minimum absolute atomic E-state index is 0.249. The van der Waals surface area contributed by atoms with E-state index in [2.05, 4.69) is 18.8 Å². The summed E-state index contributed by atoms with van der Waals surface area (Å²) in [5.41, 5.74) is 2.80. The van der Waals surface area contributed by atoms with Gasteiger partial charge in [0, 0.05) is 11.1 Å². The summed E-state index contributed by atoms with van der Waals surface area (Å²) in [6.45, 7) is 7.18. The van der Waals surface area contributed by atoms with Crippen molar-refractivity contribution < 1.29 is 14.3 Å². The number of thiophene rings is 1. The van der Waals surface area contributed by atoms with Crippen LogP contribution < -0.4 is 4.74 Å². The first-order valence-corrected chi connectivity index (χ1v) is 10.5. The Hall–Kier alpha value is -2.14. The number of nitrogens with zero attached hydrogens (tertiary/aromatic N) is 1. The van der Waals surface area contributed by atoms with Crippen LogP contribution in [0.4, 0.5) is 5.00 Å². The van der Waals surface area contributed by atoms with Crippen LogP contribution in [0.25, 0.3) is 0 Å². The third-order valence-electron chi connectivity index (χ3n) is 4.43. The molecule has 0 aliphatic heterocycles. The van der Waals surface area contributed by atoms with Crippen LogP contribution in [0.15, 0.2) is 29.3 Å². The van der Waals surface area contributed by atoms with Gasteiger partial charge in [-0.25, -0.2) is 9.79 Å². The van der Waals surface area contributed by atoms with Crippen LogP contribution in [0.2, 0.25) is 0 Å². The molecule has 1 aromatic carbocycles. The Morgan fingerprint density at radius 1 is 1.22 bits per heavy atom. The molecule has 4 nitrogen and oxygen atoms in total. The molecule has 1 aliphatic rings. The highest BCUT2D eigenvalue weighted by Crippen LogP contribution is 2.40. The molecule has 0 bridgehead atoms. The number of rotatable bonds is 7. The van der Waals surface area contributed by atoms with Crippen molar-refractivity contribution in [1.29, 1.82) is 0 Å². The summed E-state index contributed by atoms with van der Waals surface area (Å²) in [4.78, 5) is 18.4. The summed E-state index contributed by atoms with van der Waals surface area (Å²) in [6.07, 6.45) is 6.08. The number of aliphatic imine (C=N–C) groups is 1. The SMILES string of the molecule is CCOC(=O)c1c(N=Cc2ccc(OCC(C)C)cc2)sc2c1CCCC2. The Balaban J connectivity index is 1.80. The maximum absolute atomic E-state index is 12.5. The molecule has 0 amide bonds. The van der Waals surface area contributed by atoms with E-state index in [4.69, 9.17) is 9.47 Å². The molecule has 1 heterocycles. The second kappa shape index (κ2) is 9.18. The number of carbonyl (C=O) groups excluding carboxylic acids is 1. The zero-order valence-electron chi connectivity index (χ0n) is 16.3. The maximum Gasteiger partial charge on any atom is 0.341 e. The van der Waals surface area contributed by atoms with Crippen molar-refractivity contribution in [2.75, 3.05) is 13.2 Å². The first-order chi connectivity index (χ1) is 13.1. The molecule has 0 N–H and O–H groups in total. The summed E-state index contributed by atoms with van der Waals surface area (Å²) >= 11 is 1.63. The first-order valence-electron chi connectivity index (χ1n) is 9.67. The van der Waals surface area contributed by atoms with Gasteiger partial charge in [0.15, 0.2) is 0 Å². The second-order valence-electron chi connectivity index (χ2n) is 7.14. The molecule has 3 rings (SSSR count). The molecule has 27 heavy (non-hydrogen) atoms. The minimum atomic E-state index is -0.249. The fraction of sp³-hybridized carbons (Fsp3) is 0.455. The summed E-state index contributed by atoms with van der Waals surface area (Å²) in [6, 6.07) is 7.87. The van der Waals surface area contributed by atoms with E-state index in [1.165, 1.54) is 11.3 Å². The largest absolute Gasteiger partial charge is 0.493 e. The van der Waals surface area contributed by atoms with Gasteiger partial charge in [0.2, 0.25) is 0 Å². The van der Waals surface area contributed by atoms with Crippen molar-refractivity contribution in [1.82, 2.24) is 0 Å². The number of esters is 1. The molecular formula is C22H27NO3S. The Morgan fingerprint density at radius 2 is 1.96 bits per heavy atom. The van der Waals surface area contributed by atoms with Crippen molar-refractivity contribution in [3.05, 3.63) is 45.8 Å². The van der Waals surface area contributed by atoms with Gasteiger partial charge in [-0.3, -0.25) is 0 Å². The smallest absolute Gasteiger partial charge is 0.341 e. The molecule has 0 saturated carbocycles. The van der Waals surface area contributed by atoms with E-state index >= 15 is 0 Å². The van der Waals surface area contributed by atoms with E-state index in [1.807, 2.05) is 37.4 Å². The van der Waals surface area contributed by atoms with Gasteiger partial charge in [-0.2, -0.15) is 0 Å². The van der Waals surface area contributed by atoms with Gasteiger partial charge in [-0.1, -0.05) is 13.8 Å². The highest BCUT2D eigenvalue weighted by Gasteiger charge is 2.25. The standard InChI is InChI=1S/C22H27NO3S/c1-4-25-22(24)20-18-7-5-6-8-19(18)27-21(20)23-13-16-9-11-17(12-10-16)26-14-15(2)3/h9-13,15H,4-8,14H2,1-3H3. The van der Waals surface area contributed by atoms with Gasteiger partial charge in [0.05, 0.1) is 18.8 Å². The van der Waals surface area contributed by atoms with Gasteiger partial charge in [-0.05, 0) is 73.9 Å². The van der Waals surface area contributed by atoms with Crippen molar-refractivity contribution >= 4 is 28.5 Å². The molecule has 0 unspecified atom stereocenters. The summed E-state index contributed by atoms with van der Waals surface area (Å²) < 4.78 is 11.0. The van der Waals surface area contributed by atoms with E-state index in [-0.39, 0.29) is 5.97 Å². The number of ether oxygens (including phenoxy) is 2. The molecular weight excluding hydrogens is 358 g/mol. The maximum atomic E-state index is 12.5. The summed E-state index contributed by atoms with van der Waals surface area (Å²) in [5, 5.41) is 0.764. The quantitative estimate of drug-likeness (QED) is 0.461. The summed E-state index contributed by atoms with van der Waals surface area (Å²) in [7, 11) is 0. The van der Waals surface area contributed by atoms with Crippen LogP contribution in [0, 0.1) is 5.92 Å². The van der Waals surface area contributed by atoms with Crippen LogP contribution in [0.5, 0.6) is 5.75 Å². The average molecular weight is 386 g/mol. The second-order valence-corrected chi connectivity index (χ2v) is 8.23. The Morgan fingerprint density at radius 3 is 2.67 bits per heavy atom. The zero-order valence-corrected chi connectivity index (χ0v) is 17.1. The van der Waals surface area contributed by atoms with Crippen molar-refractivity contribution in [2.24, 2.45) is 10.9 Å². The van der Waals surface area contributed by atoms with Crippen molar-refractivity contribution in [3.63, 3.8) is 0 Å². The Kier molecular flexibility index (Phi) is 6.67. The normalized spacial score (nSPS) is 13.8.